The minimum Gasteiger partial charge on any atom is -0.275 e. The summed E-state index contributed by atoms with van der Waals surface area (Å²) in [6, 6.07) is 0. The molecule has 18 heavy (non-hydrogen) atoms. The molecule has 0 aromatic rings. The lowest BCUT2D eigenvalue weighted by Gasteiger charge is -2.16. The van der Waals surface area contributed by atoms with Crippen LogP contribution in [-0.2, 0) is 9.59 Å². The first-order valence-electron chi connectivity index (χ1n) is 5.92. The van der Waals surface area contributed by atoms with Gasteiger partial charge >= 0.3 is 6.18 Å². The zero-order chi connectivity index (χ0) is 13.8. The first-order chi connectivity index (χ1) is 8.32. The second-order valence-electron chi connectivity index (χ2n) is 4.45. The van der Waals surface area contributed by atoms with Crippen molar-refractivity contribution in [3.8, 4) is 0 Å². The van der Waals surface area contributed by atoms with Crippen LogP contribution >= 0.6 is 0 Å². The van der Waals surface area contributed by atoms with Crippen LogP contribution in [-0.4, -0.2) is 29.4 Å². The summed E-state index contributed by atoms with van der Waals surface area (Å²) in [6.07, 6.45) is -0.0674. The number of imide groups is 1. The van der Waals surface area contributed by atoms with E-state index < -0.39 is 12.1 Å². The average Bonchev–Trinajstić information content (AvgIpc) is 2.58. The van der Waals surface area contributed by atoms with Crippen LogP contribution in [0.4, 0.5) is 13.2 Å². The van der Waals surface area contributed by atoms with Crippen molar-refractivity contribution < 1.29 is 22.8 Å². The highest BCUT2D eigenvalue weighted by Gasteiger charge is 2.35. The van der Waals surface area contributed by atoms with Crippen LogP contribution in [0.15, 0.2) is 12.2 Å². The Kier molecular flexibility index (Phi) is 4.93. The predicted octanol–water partition coefficient (Wildman–Crippen LogP) is 2.67. The summed E-state index contributed by atoms with van der Waals surface area (Å²) in [5.41, 5.74) is 0. The van der Waals surface area contributed by atoms with E-state index in [2.05, 4.69) is 0 Å². The van der Waals surface area contributed by atoms with Gasteiger partial charge in [-0.05, 0) is 12.8 Å². The number of carbonyl (C=O) groups excluding carboxylic acids is 2. The molecule has 1 atom stereocenters. The Morgan fingerprint density at radius 3 is 2.17 bits per heavy atom. The van der Waals surface area contributed by atoms with Gasteiger partial charge in [0.05, 0.1) is 5.92 Å². The largest absolute Gasteiger partial charge is 0.391 e. The fourth-order valence-corrected chi connectivity index (χ4v) is 1.71. The summed E-state index contributed by atoms with van der Waals surface area (Å²) in [4.78, 5) is 23.4. The van der Waals surface area contributed by atoms with Crippen LogP contribution in [0.1, 0.15) is 32.6 Å². The molecule has 0 unspecified atom stereocenters. The second kappa shape index (κ2) is 6.02. The summed E-state index contributed by atoms with van der Waals surface area (Å²) >= 11 is 0. The smallest absolute Gasteiger partial charge is 0.275 e. The number of hydrogen-bond acceptors (Lipinski definition) is 2. The van der Waals surface area contributed by atoms with E-state index in [0.29, 0.717) is 19.3 Å². The Morgan fingerprint density at radius 2 is 1.67 bits per heavy atom. The quantitative estimate of drug-likeness (QED) is 0.545. The predicted molar refractivity (Wildman–Crippen MR) is 59.5 cm³/mol. The molecule has 102 valence electrons. The summed E-state index contributed by atoms with van der Waals surface area (Å²) in [5, 5.41) is 0. The molecule has 0 radical (unpaired) electrons. The molecule has 0 aromatic heterocycles. The highest BCUT2D eigenvalue weighted by Crippen LogP contribution is 2.29. The van der Waals surface area contributed by atoms with Gasteiger partial charge in [-0.15, -0.1) is 0 Å². The Morgan fingerprint density at radius 1 is 1.11 bits per heavy atom. The van der Waals surface area contributed by atoms with Crippen LogP contribution in [0.2, 0.25) is 0 Å². The molecule has 0 N–H and O–H groups in total. The number of amides is 2. The molecule has 0 aliphatic carbocycles. The van der Waals surface area contributed by atoms with Gasteiger partial charge in [-0.1, -0.05) is 19.8 Å². The van der Waals surface area contributed by atoms with Crippen LogP contribution in [0.5, 0.6) is 0 Å². The number of alkyl halides is 3. The Hall–Kier alpha value is -1.33. The monoisotopic (exact) mass is 263 g/mol. The summed E-state index contributed by atoms with van der Waals surface area (Å²) < 4.78 is 36.6. The highest BCUT2D eigenvalue weighted by molar-refractivity contribution is 6.12. The van der Waals surface area contributed by atoms with Crippen LogP contribution in [0, 0.1) is 5.92 Å². The third kappa shape index (κ3) is 4.16. The van der Waals surface area contributed by atoms with E-state index in [9.17, 15) is 22.8 Å². The van der Waals surface area contributed by atoms with Gasteiger partial charge < -0.3 is 0 Å². The molecule has 2 amide bonds. The molecule has 0 saturated heterocycles. The maximum Gasteiger partial charge on any atom is 0.391 e. The molecule has 0 bridgehead atoms. The third-order valence-electron chi connectivity index (χ3n) is 2.98. The normalized spacial score (nSPS) is 17.7. The van der Waals surface area contributed by atoms with Gasteiger partial charge in [0.1, 0.15) is 0 Å². The van der Waals surface area contributed by atoms with Crippen molar-refractivity contribution in [1.29, 1.82) is 0 Å². The summed E-state index contributed by atoms with van der Waals surface area (Å²) in [6.45, 7) is 1.45. The van der Waals surface area contributed by atoms with Crippen molar-refractivity contribution in [1.82, 2.24) is 4.90 Å². The minimum absolute atomic E-state index is 0.0869. The molecular formula is C12H16F3NO2. The standard InChI is InChI=1S/C12H16F3NO2/c1-9(12(13,14)15)5-3-2-4-8-16-10(17)6-7-11(16)18/h6-7,9H,2-5,8H2,1H3/t9-/m1/s1. The zero-order valence-electron chi connectivity index (χ0n) is 10.2. The van der Waals surface area contributed by atoms with Crippen molar-refractivity contribution in [2.75, 3.05) is 6.54 Å². The van der Waals surface area contributed by atoms with Crippen molar-refractivity contribution in [3.05, 3.63) is 12.2 Å². The molecule has 0 saturated carbocycles. The summed E-state index contributed by atoms with van der Waals surface area (Å²) in [7, 11) is 0. The van der Waals surface area contributed by atoms with Gasteiger partial charge in [-0.2, -0.15) is 13.2 Å². The molecule has 1 aliphatic rings. The molecule has 0 spiro atoms. The van der Waals surface area contributed by atoms with Gasteiger partial charge in [-0.25, -0.2) is 0 Å². The molecule has 1 heterocycles. The van der Waals surface area contributed by atoms with Crippen molar-refractivity contribution in [3.63, 3.8) is 0 Å². The molecule has 1 rings (SSSR count). The Bertz CT molecular complexity index is 332. The molecule has 6 heteroatoms. The lowest BCUT2D eigenvalue weighted by Crippen LogP contribution is -2.30. The molecule has 0 fully saturated rings. The Labute approximate surface area is 104 Å². The minimum atomic E-state index is -4.13. The van der Waals surface area contributed by atoms with Gasteiger partial charge in [0.25, 0.3) is 11.8 Å². The number of unbranched alkanes of at least 4 members (excludes halogenated alkanes) is 2. The van der Waals surface area contributed by atoms with E-state index >= 15 is 0 Å². The van der Waals surface area contributed by atoms with E-state index in [-0.39, 0.29) is 24.8 Å². The van der Waals surface area contributed by atoms with Crippen molar-refractivity contribution in [2.45, 2.75) is 38.8 Å². The fourth-order valence-electron chi connectivity index (χ4n) is 1.71. The van der Waals surface area contributed by atoms with Crippen molar-refractivity contribution >= 4 is 11.8 Å². The Balaban J connectivity index is 2.13. The molecular weight excluding hydrogens is 247 g/mol. The van der Waals surface area contributed by atoms with Crippen LogP contribution in [0.3, 0.4) is 0 Å². The maximum atomic E-state index is 12.2. The van der Waals surface area contributed by atoms with Gasteiger partial charge in [0.2, 0.25) is 0 Å². The number of nitrogens with zero attached hydrogens (tertiary/aromatic N) is 1. The topological polar surface area (TPSA) is 37.4 Å². The van der Waals surface area contributed by atoms with Crippen LogP contribution in [0.25, 0.3) is 0 Å². The van der Waals surface area contributed by atoms with Gasteiger partial charge in [0.15, 0.2) is 0 Å². The molecule has 0 aromatic carbocycles. The highest BCUT2D eigenvalue weighted by atomic mass is 19.4. The number of carbonyl (C=O) groups is 2. The first-order valence-corrected chi connectivity index (χ1v) is 5.92. The lowest BCUT2D eigenvalue weighted by atomic mass is 10.0. The number of rotatable bonds is 6. The lowest BCUT2D eigenvalue weighted by molar-refractivity contribution is -0.171. The molecule has 3 nitrogen and oxygen atoms in total. The maximum absolute atomic E-state index is 12.2. The SMILES string of the molecule is C[C@H](CCCCCN1C(=O)C=CC1=O)C(F)(F)F. The van der Waals surface area contributed by atoms with Crippen LogP contribution < -0.4 is 0 Å². The van der Waals surface area contributed by atoms with Gasteiger partial charge in [0, 0.05) is 18.7 Å². The summed E-state index contributed by atoms with van der Waals surface area (Å²) in [5.74, 6) is -1.98. The fraction of sp³-hybridized carbons (Fsp3) is 0.667. The second-order valence-corrected chi connectivity index (χ2v) is 4.45. The number of hydrogen-bond donors (Lipinski definition) is 0. The van der Waals surface area contributed by atoms with E-state index in [0.717, 1.165) is 11.8 Å². The zero-order valence-corrected chi connectivity index (χ0v) is 10.2. The van der Waals surface area contributed by atoms with Crippen molar-refractivity contribution in [2.24, 2.45) is 5.92 Å². The number of halogens is 3. The van der Waals surface area contributed by atoms with E-state index in [1.165, 1.54) is 12.2 Å². The first kappa shape index (κ1) is 14.7. The van der Waals surface area contributed by atoms with E-state index in [1.807, 2.05) is 0 Å². The van der Waals surface area contributed by atoms with E-state index in [4.69, 9.17) is 0 Å². The van der Waals surface area contributed by atoms with E-state index in [1.54, 1.807) is 0 Å². The third-order valence-corrected chi connectivity index (χ3v) is 2.98. The molecule has 1 aliphatic heterocycles. The van der Waals surface area contributed by atoms with Gasteiger partial charge in [-0.3, -0.25) is 14.5 Å². The average molecular weight is 263 g/mol.